The van der Waals surface area contributed by atoms with Gasteiger partial charge in [0.2, 0.25) is 23.1 Å². The molecule has 284 valence electrons. The van der Waals surface area contributed by atoms with Crippen molar-refractivity contribution >= 4 is 0 Å². The van der Waals surface area contributed by atoms with E-state index in [1.807, 2.05) is 18.2 Å². The van der Waals surface area contributed by atoms with Gasteiger partial charge in [0, 0.05) is 50.4 Å². The van der Waals surface area contributed by atoms with Crippen molar-refractivity contribution in [3.05, 3.63) is 108 Å². The van der Waals surface area contributed by atoms with Gasteiger partial charge in [-0.25, -0.2) is 0 Å². The average molecular weight is 730 g/mol. The molecule has 0 amide bonds. The van der Waals surface area contributed by atoms with Crippen molar-refractivity contribution in [3.8, 4) is 6.07 Å². The maximum atomic E-state index is 9.97. The van der Waals surface area contributed by atoms with Gasteiger partial charge in [-0.1, -0.05) is 91.0 Å². The fourth-order valence-corrected chi connectivity index (χ4v) is 12.2. The summed E-state index contributed by atoms with van der Waals surface area (Å²) in [6.07, 6.45) is 17.3. The van der Waals surface area contributed by atoms with Gasteiger partial charge in [-0.05, 0) is 111 Å². The van der Waals surface area contributed by atoms with Crippen LogP contribution in [-0.4, -0.2) is 23.1 Å². The number of hydrogen-bond donors (Lipinski definition) is 0. The van der Waals surface area contributed by atoms with E-state index in [4.69, 9.17) is 29.0 Å². The molecule has 2 aliphatic heterocycles. The van der Waals surface area contributed by atoms with Crippen LogP contribution in [0.3, 0.4) is 0 Å². The molecule has 54 heavy (non-hydrogen) atoms. The molecule has 4 bridgehead atoms. The van der Waals surface area contributed by atoms with Crippen molar-refractivity contribution in [1.82, 2.24) is 0 Å². The Hall–Kier alpha value is -3.09. The molecule has 2 heterocycles. The molecule has 7 saturated carbocycles. The molecule has 12 rings (SSSR count). The van der Waals surface area contributed by atoms with Crippen molar-refractivity contribution in [1.29, 1.82) is 5.26 Å². The van der Waals surface area contributed by atoms with E-state index in [9.17, 15) is 5.26 Å². The topological polar surface area (TPSA) is 79.2 Å². The normalized spacial score (nSPS) is 43.3. The van der Waals surface area contributed by atoms with Crippen LogP contribution >= 0.6 is 0 Å². The Labute approximate surface area is 320 Å². The van der Waals surface area contributed by atoms with E-state index in [2.05, 4.69) is 78.9 Å². The first-order valence-corrected chi connectivity index (χ1v) is 21.1. The monoisotopic (exact) mass is 729 g/mol. The lowest BCUT2D eigenvalue weighted by Crippen LogP contribution is -2.59. The highest BCUT2D eigenvalue weighted by Gasteiger charge is 2.67. The van der Waals surface area contributed by atoms with Gasteiger partial charge in [0.25, 0.3) is 0 Å². The van der Waals surface area contributed by atoms with Crippen LogP contribution in [0, 0.1) is 35.0 Å². The SMILES string of the molecule is N#CC1(c2ccccc2)CCC2(CC1)OOC1(O2)C2CC3CC(C2)CC1C3.c1ccc(C2CCC3(CC2)OOC2(CCC(c4ccccc4)CC2)O3)cc1. The Morgan fingerprint density at radius 2 is 0.889 bits per heavy atom. The van der Waals surface area contributed by atoms with Crippen LogP contribution in [0.15, 0.2) is 91.0 Å². The summed E-state index contributed by atoms with van der Waals surface area (Å²) in [6.45, 7) is 0. The average Bonchev–Trinajstić information content (AvgIpc) is 3.77. The molecule has 2 saturated heterocycles. The smallest absolute Gasteiger partial charge is 0.210 e. The van der Waals surface area contributed by atoms with Crippen LogP contribution in [0.1, 0.15) is 138 Å². The zero-order chi connectivity index (χ0) is 36.3. The van der Waals surface area contributed by atoms with Crippen LogP contribution in [0.2, 0.25) is 0 Å². The highest BCUT2D eigenvalue weighted by atomic mass is 17.3. The number of nitriles is 1. The van der Waals surface area contributed by atoms with Gasteiger partial charge in [-0.15, -0.1) is 0 Å². The van der Waals surface area contributed by atoms with Gasteiger partial charge in [0.1, 0.15) is 0 Å². The largest absolute Gasteiger partial charge is 0.312 e. The molecule has 0 radical (unpaired) electrons. The molecule has 7 heteroatoms. The van der Waals surface area contributed by atoms with Gasteiger partial charge < -0.3 is 9.47 Å². The van der Waals surface area contributed by atoms with Crippen LogP contribution in [0.5, 0.6) is 0 Å². The molecule has 4 spiro atoms. The predicted octanol–water partition coefficient (Wildman–Crippen LogP) is 10.9. The maximum absolute atomic E-state index is 9.97. The third-order valence-electron chi connectivity index (χ3n) is 15.1. The summed E-state index contributed by atoms with van der Waals surface area (Å²) in [5, 5.41) is 9.97. The number of nitrogens with zero attached hydrogens (tertiary/aromatic N) is 1. The summed E-state index contributed by atoms with van der Waals surface area (Å²) < 4.78 is 13.3. The van der Waals surface area contributed by atoms with Crippen LogP contribution in [-0.2, 0) is 34.4 Å². The van der Waals surface area contributed by atoms with Gasteiger partial charge >= 0.3 is 0 Å². The Kier molecular flexibility index (Phi) is 9.05. The molecule has 3 aromatic carbocycles. The zero-order valence-corrected chi connectivity index (χ0v) is 31.5. The zero-order valence-electron chi connectivity index (χ0n) is 31.5. The molecule has 0 aromatic heterocycles. The fourth-order valence-electron chi connectivity index (χ4n) is 12.2. The van der Waals surface area contributed by atoms with E-state index in [0.29, 0.717) is 23.7 Å². The van der Waals surface area contributed by atoms with Crippen molar-refractivity contribution in [3.63, 3.8) is 0 Å². The lowest BCUT2D eigenvalue weighted by molar-refractivity contribution is -0.390. The van der Waals surface area contributed by atoms with Crippen molar-refractivity contribution in [2.45, 2.75) is 150 Å². The van der Waals surface area contributed by atoms with E-state index in [-0.39, 0.29) is 0 Å². The van der Waals surface area contributed by atoms with Crippen LogP contribution in [0.25, 0.3) is 0 Å². The van der Waals surface area contributed by atoms with Crippen molar-refractivity contribution in [2.75, 3.05) is 0 Å². The first kappa shape index (κ1) is 35.3. The maximum Gasteiger partial charge on any atom is 0.210 e. The Morgan fingerprint density at radius 3 is 1.35 bits per heavy atom. The number of benzene rings is 3. The van der Waals surface area contributed by atoms with Crippen molar-refractivity contribution in [2.24, 2.45) is 23.7 Å². The second kappa shape index (κ2) is 13.8. The van der Waals surface area contributed by atoms with E-state index >= 15 is 0 Å². The van der Waals surface area contributed by atoms with Gasteiger partial charge in [-0.3, -0.25) is 0 Å². The van der Waals surface area contributed by atoms with Crippen LogP contribution in [0.4, 0.5) is 0 Å². The van der Waals surface area contributed by atoms with E-state index in [1.165, 1.54) is 43.2 Å². The Morgan fingerprint density at radius 1 is 0.463 bits per heavy atom. The predicted molar refractivity (Wildman–Crippen MR) is 202 cm³/mol. The number of rotatable bonds is 3. The van der Waals surface area contributed by atoms with E-state index in [1.54, 1.807) is 0 Å². The molecule has 0 unspecified atom stereocenters. The highest BCUT2D eigenvalue weighted by molar-refractivity contribution is 5.33. The third kappa shape index (κ3) is 6.26. The standard InChI is InChI=1S/C24H28O3.C23H27NO3/c1-3-7-19(8-4-1)21-11-15-23(16-12-21)25-24(27-26-23)17-13-22(14-18-24)20-9-5-2-6-10-20;24-15-21(18-4-2-1-3-5-18)6-8-22(9-7-21)25-23(27-26-22)19-11-16-10-17(13-19)14-20(23)12-16/h1-10,21-22H,11-18H2;1-5,16-17,19-20H,6-14H2. The molecule has 7 aliphatic carbocycles. The summed E-state index contributed by atoms with van der Waals surface area (Å²) >= 11 is 0. The summed E-state index contributed by atoms with van der Waals surface area (Å²) in [7, 11) is 0. The minimum atomic E-state index is -0.648. The van der Waals surface area contributed by atoms with E-state index < -0.39 is 28.6 Å². The van der Waals surface area contributed by atoms with Gasteiger partial charge in [-0.2, -0.15) is 24.8 Å². The Balaban J connectivity index is 0.000000134. The summed E-state index contributed by atoms with van der Waals surface area (Å²) in [5.41, 5.74) is 3.55. The number of hydrogen-bond acceptors (Lipinski definition) is 7. The van der Waals surface area contributed by atoms with E-state index in [0.717, 1.165) is 94.4 Å². The highest BCUT2D eigenvalue weighted by Crippen LogP contribution is 2.64. The second-order valence-electron chi connectivity index (χ2n) is 18.2. The lowest BCUT2D eigenvalue weighted by Gasteiger charge is -2.57. The summed E-state index contributed by atoms with van der Waals surface area (Å²) in [5.74, 6) is 1.74. The van der Waals surface area contributed by atoms with Crippen molar-refractivity contribution < 1.29 is 29.0 Å². The Bertz CT molecular complexity index is 1690. The van der Waals surface area contributed by atoms with Gasteiger partial charge in [0.05, 0.1) is 11.5 Å². The molecule has 0 atom stereocenters. The molecular formula is C47H55NO6. The first-order valence-electron chi connectivity index (χ1n) is 21.1. The quantitative estimate of drug-likeness (QED) is 0.248. The first-order chi connectivity index (χ1) is 26.4. The minimum absolute atomic E-state index is 0.432. The number of ether oxygens (including phenoxy) is 2. The molecular weight excluding hydrogens is 675 g/mol. The second-order valence-corrected chi connectivity index (χ2v) is 18.2. The third-order valence-corrected chi connectivity index (χ3v) is 15.1. The minimum Gasteiger partial charge on any atom is -0.312 e. The molecule has 7 nitrogen and oxygen atoms in total. The fraction of sp³-hybridized carbons (Fsp3) is 0.596. The summed E-state index contributed by atoms with van der Waals surface area (Å²) in [4.78, 5) is 23.9. The molecule has 9 aliphatic rings. The lowest BCUT2D eigenvalue weighted by atomic mass is 9.53. The molecule has 0 N–H and O–H groups in total. The molecule has 9 fully saturated rings. The molecule has 3 aromatic rings. The van der Waals surface area contributed by atoms with Gasteiger partial charge in [0.15, 0.2) is 0 Å². The summed E-state index contributed by atoms with van der Waals surface area (Å²) in [6, 6.07) is 34.5. The van der Waals surface area contributed by atoms with Crippen LogP contribution < -0.4 is 0 Å².